The number of halogens is 4. The monoisotopic (exact) mass is 505 g/mol. The van der Waals surface area contributed by atoms with E-state index in [0.717, 1.165) is 33.0 Å². The average molecular weight is 506 g/mol. The molecule has 184 valence electrons. The van der Waals surface area contributed by atoms with Gasteiger partial charge in [0, 0.05) is 43.5 Å². The first-order valence-corrected chi connectivity index (χ1v) is 11.5. The first-order chi connectivity index (χ1) is 16.7. The fourth-order valence-corrected chi connectivity index (χ4v) is 4.59. The van der Waals surface area contributed by atoms with Crippen LogP contribution in [0.25, 0.3) is 21.2 Å². The first kappa shape index (κ1) is 25.0. The van der Waals surface area contributed by atoms with Crippen molar-refractivity contribution in [3.63, 3.8) is 0 Å². The lowest BCUT2D eigenvalue weighted by atomic mass is 9.95. The zero-order valence-corrected chi connectivity index (χ0v) is 19.8. The van der Waals surface area contributed by atoms with Crippen molar-refractivity contribution >= 4 is 27.2 Å². The van der Waals surface area contributed by atoms with Crippen LogP contribution in [-0.4, -0.2) is 34.6 Å². The fourth-order valence-electron chi connectivity index (χ4n) is 3.61. The highest BCUT2D eigenvalue weighted by atomic mass is 32.1. The summed E-state index contributed by atoms with van der Waals surface area (Å²) in [7, 11) is 1.58. The maximum atomic E-state index is 13.6. The van der Waals surface area contributed by atoms with Crippen molar-refractivity contribution in [2.24, 2.45) is 5.73 Å². The molecule has 0 saturated carbocycles. The van der Waals surface area contributed by atoms with Crippen LogP contribution in [0.15, 0.2) is 48.8 Å². The van der Waals surface area contributed by atoms with Crippen molar-refractivity contribution in [2.75, 3.05) is 19.0 Å². The molecule has 0 aliphatic heterocycles. The molecule has 4 aromatic rings. The summed E-state index contributed by atoms with van der Waals surface area (Å²) >= 11 is 1.42. The molecular weight excluding hydrogens is 482 g/mol. The van der Waals surface area contributed by atoms with Crippen LogP contribution in [0.2, 0.25) is 0 Å². The molecule has 0 aliphatic carbocycles. The number of methoxy groups -OCH3 is 1. The van der Waals surface area contributed by atoms with Gasteiger partial charge < -0.3 is 15.8 Å². The lowest BCUT2D eigenvalue weighted by Gasteiger charge is -2.20. The van der Waals surface area contributed by atoms with E-state index in [1.165, 1.54) is 35.9 Å². The minimum atomic E-state index is -4.48. The number of fused-ring (bicyclic) bond motifs is 1. The summed E-state index contributed by atoms with van der Waals surface area (Å²) < 4.78 is 57.2. The van der Waals surface area contributed by atoms with Gasteiger partial charge in [-0.15, -0.1) is 0 Å². The van der Waals surface area contributed by atoms with Gasteiger partial charge in [0.1, 0.15) is 5.69 Å². The Labute approximate surface area is 203 Å². The highest BCUT2D eigenvalue weighted by Crippen LogP contribution is 2.35. The molecule has 0 saturated heterocycles. The Morgan fingerprint density at radius 3 is 2.57 bits per heavy atom. The first-order valence-electron chi connectivity index (χ1n) is 10.7. The van der Waals surface area contributed by atoms with Crippen LogP contribution in [0, 0.1) is 5.95 Å². The van der Waals surface area contributed by atoms with Gasteiger partial charge in [-0.05, 0) is 34.6 Å². The molecule has 0 spiro atoms. The SMILES string of the molecule is COCc1nc(NC[C@H](N)[C@@H](C)c2ccc(C(F)(F)F)nc2)sc1-c1ccc2cnc(F)cc2c1. The number of nitrogens with one attached hydrogen (secondary N) is 1. The minimum absolute atomic E-state index is 0.237. The van der Waals surface area contributed by atoms with Gasteiger partial charge in [-0.25, -0.2) is 9.97 Å². The molecule has 2 atom stereocenters. The molecular formula is C24H23F4N5OS. The van der Waals surface area contributed by atoms with E-state index >= 15 is 0 Å². The van der Waals surface area contributed by atoms with Gasteiger partial charge in [-0.1, -0.05) is 36.5 Å². The van der Waals surface area contributed by atoms with Crippen LogP contribution in [0.1, 0.15) is 29.8 Å². The van der Waals surface area contributed by atoms with Crippen molar-refractivity contribution in [1.82, 2.24) is 15.0 Å². The van der Waals surface area contributed by atoms with Crippen molar-refractivity contribution in [1.29, 1.82) is 0 Å². The zero-order chi connectivity index (χ0) is 25.2. The van der Waals surface area contributed by atoms with Crippen molar-refractivity contribution in [2.45, 2.75) is 31.7 Å². The largest absolute Gasteiger partial charge is 0.433 e. The number of ether oxygens (including phenoxy) is 1. The molecule has 6 nitrogen and oxygen atoms in total. The molecule has 0 amide bonds. The van der Waals surface area contributed by atoms with E-state index in [1.807, 2.05) is 25.1 Å². The van der Waals surface area contributed by atoms with Gasteiger partial charge >= 0.3 is 6.18 Å². The third-order valence-electron chi connectivity index (χ3n) is 5.66. The molecule has 0 bridgehead atoms. The van der Waals surface area contributed by atoms with E-state index in [4.69, 9.17) is 10.5 Å². The molecule has 3 heterocycles. The predicted octanol–water partition coefficient (Wildman–Crippen LogP) is 5.60. The summed E-state index contributed by atoms with van der Waals surface area (Å²) in [4.78, 5) is 12.7. The third kappa shape index (κ3) is 5.75. The van der Waals surface area contributed by atoms with E-state index < -0.39 is 23.9 Å². The molecule has 3 N–H and O–H groups in total. The van der Waals surface area contributed by atoms with Gasteiger partial charge in [-0.2, -0.15) is 17.6 Å². The Morgan fingerprint density at radius 2 is 1.89 bits per heavy atom. The number of thiazole rings is 1. The molecule has 11 heteroatoms. The standard InChI is InChI=1S/C24H23F4N5OS/c1-13(15-5-6-20(30-9-15)24(26,27)28)18(29)11-32-23-33-19(12-34-2)22(35-23)14-3-4-16-10-31-21(25)8-17(16)7-14/h3-10,13,18H,11-12,29H2,1-2H3,(H,32,33)/t13-,18-/m0/s1. The number of hydrogen-bond donors (Lipinski definition) is 2. The van der Waals surface area contributed by atoms with Crippen LogP contribution >= 0.6 is 11.3 Å². The number of pyridine rings is 2. The number of alkyl halides is 3. The predicted molar refractivity (Wildman–Crippen MR) is 128 cm³/mol. The number of anilines is 1. The maximum Gasteiger partial charge on any atom is 0.433 e. The van der Waals surface area contributed by atoms with Gasteiger partial charge in [0.05, 0.1) is 17.2 Å². The minimum Gasteiger partial charge on any atom is -0.378 e. The second-order valence-corrected chi connectivity index (χ2v) is 9.10. The van der Waals surface area contributed by atoms with E-state index in [-0.39, 0.29) is 12.5 Å². The van der Waals surface area contributed by atoms with Crippen LogP contribution < -0.4 is 11.1 Å². The Balaban J connectivity index is 1.49. The molecule has 4 rings (SSSR count). The van der Waals surface area contributed by atoms with Crippen molar-refractivity contribution in [3.05, 3.63) is 71.7 Å². The molecule has 3 aromatic heterocycles. The zero-order valence-electron chi connectivity index (χ0n) is 18.9. The van der Waals surface area contributed by atoms with Gasteiger partial charge in [-0.3, -0.25) is 4.98 Å². The normalized spacial score (nSPS) is 13.7. The van der Waals surface area contributed by atoms with Crippen LogP contribution in [0.5, 0.6) is 0 Å². The summed E-state index contributed by atoms with van der Waals surface area (Å²) in [6.07, 6.45) is -1.79. The number of nitrogens with zero attached hydrogens (tertiary/aromatic N) is 3. The Hall–Kier alpha value is -3.15. The summed E-state index contributed by atoms with van der Waals surface area (Å²) in [5.41, 5.74) is 7.58. The van der Waals surface area contributed by atoms with E-state index in [9.17, 15) is 17.6 Å². The van der Waals surface area contributed by atoms with Crippen molar-refractivity contribution < 1.29 is 22.3 Å². The summed E-state index contributed by atoms with van der Waals surface area (Å²) in [6, 6.07) is 9.01. The fraction of sp³-hybridized carbons (Fsp3) is 0.292. The molecule has 0 unspecified atom stereocenters. The number of benzene rings is 1. The van der Waals surface area contributed by atoms with Crippen LogP contribution in [-0.2, 0) is 17.5 Å². The van der Waals surface area contributed by atoms with E-state index in [0.29, 0.717) is 17.2 Å². The smallest absolute Gasteiger partial charge is 0.378 e. The summed E-state index contributed by atoms with van der Waals surface area (Å²) in [5.74, 6) is -0.788. The highest BCUT2D eigenvalue weighted by molar-refractivity contribution is 7.19. The van der Waals surface area contributed by atoms with Crippen molar-refractivity contribution in [3.8, 4) is 10.4 Å². The molecule has 0 aliphatic rings. The van der Waals surface area contributed by atoms with Gasteiger partial charge in [0.15, 0.2) is 5.13 Å². The number of rotatable bonds is 8. The second-order valence-electron chi connectivity index (χ2n) is 8.10. The van der Waals surface area contributed by atoms with Crippen LogP contribution in [0.3, 0.4) is 0 Å². The van der Waals surface area contributed by atoms with E-state index in [2.05, 4.69) is 20.3 Å². The molecule has 0 radical (unpaired) electrons. The highest BCUT2D eigenvalue weighted by Gasteiger charge is 2.32. The van der Waals surface area contributed by atoms with E-state index in [1.54, 1.807) is 7.11 Å². The Bertz CT molecular complexity index is 1310. The van der Waals surface area contributed by atoms with Gasteiger partial charge in [0.25, 0.3) is 0 Å². The topological polar surface area (TPSA) is 86.0 Å². The summed E-state index contributed by atoms with van der Waals surface area (Å²) in [6.45, 7) is 2.47. The Morgan fingerprint density at radius 1 is 1.09 bits per heavy atom. The number of hydrogen-bond acceptors (Lipinski definition) is 7. The number of aromatic nitrogens is 3. The molecule has 35 heavy (non-hydrogen) atoms. The molecule has 1 aromatic carbocycles. The summed E-state index contributed by atoms with van der Waals surface area (Å²) in [5, 5.41) is 5.40. The maximum absolute atomic E-state index is 13.6. The molecule has 0 fully saturated rings. The lowest BCUT2D eigenvalue weighted by molar-refractivity contribution is -0.141. The average Bonchev–Trinajstić information content (AvgIpc) is 3.24. The quantitative estimate of drug-likeness (QED) is 0.240. The van der Waals surface area contributed by atoms with Gasteiger partial charge in [0.2, 0.25) is 5.95 Å². The lowest BCUT2D eigenvalue weighted by Crippen LogP contribution is -2.34. The van der Waals surface area contributed by atoms with Crippen LogP contribution in [0.4, 0.5) is 22.7 Å². The number of nitrogens with two attached hydrogens (primary N) is 1. The second kappa shape index (κ2) is 10.2. The Kier molecular flexibility index (Phi) is 7.29. The third-order valence-corrected chi connectivity index (χ3v) is 6.77.